The van der Waals surface area contributed by atoms with Crippen LogP contribution in [0.4, 0.5) is 17.3 Å². The second-order valence-corrected chi connectivity index (χ2v) is 6.80. The Hall–Kier alpha value is -3.15. The average molecular weight is 358 g/mol. The number of aryl methyl sites for hydroxylation is 1. The molecule has 0 saturated carbocycles. The molecule has 0 aliphatic carbocycles. The van der Waals surface area contributed by atoms with Crippen molar-refractivity contribution in [3.63, 3.8) is 0 Å². The zero-order valence-electron chi connectivity index (χ0n) is 16.4. The number of hydrogen-bond donors (Lipinski definition) is 0. The van der Waals surface area contributed by atoms with Crippen LogP contribution in [0, 0.1) is 20.0 Å². The molecule has 0 unspecified atom stereocenters. The molecule has 0 bridgehead atoms. The lowest BCUT2D eigenvalue weighted by molar-refractivity contribution is 0.651. The summed E-state index contributed by atoms with van der Waals surface area (Å²) in [4.78, 5) is 17.1. The number of anilines is 3. The van der Waals surface area contributed by atoms with Crippen molar-refractivity contribution in [2.24, 2.45) is 0 Å². The van der Waals surface area contributed by atoms with Crippen LogP contribution in [-0.2, 0) is 0 Å². The van der Waals surface area contributed by atoms with Crippen LogP contribution >= 0.6 is 0 Å². The molecule has 1 aromatic carbocycles. The van der Waals surface area contributed by atoms with Crippen LogP contribution in [0.3, 0.4) is 0 Å². The number of fused-ring (bicyclic) bond motifs is 4. The Kier molecular flexibility index (Phi) is 3.14. The monoisotopic (exact) mass is 358 g/mol. The molecule has 1 aliphatic heterocycles. The van der Waals surface area contributed by atoms with Gasteiger partial charge in [-0.1, -0.05) is 12.1 Å². The van der Waals surface area contributed by atoms with Gasteiger partial charge in [-0.05, 0) is 45.4 Å². The summed E-state index contributed by atoms with van der Waals surface area (Å²) in [5.74, 6) is 1.25. The van der Waals surface area contributed by atoms with Crippen molar-refractivity contribution in [3.05, 3.63) is 61.5 Å². The summed E-state index contributed by atoms with van der Waals surface area (Å²) < 4.78 is 14.7. The lowest BCUT2D eigenvalue weighted by atomic mass is 10.1. The van der Waals surface area contributed by atoms with E-state index in [1.54, 1.807) is 37.3 Å². The van der Waals surface area contributed by atoms with E-state index >= 15 is 0 Å². The van der Waals surface area contributed by atoms with Gasteiger partial charge in [-0.2, -0.15) is 0 Å². The van der Waals surface area contributed by atoms with E-state index in [0.29, 0.717) is 23.5 Å². The lowest BCUT2D eigenvalue weighted by Gasteiger charge is -2.30. The molecule has 5 rings (SSSR count). The molecule has 3 aromatic heterocycles. The SMILES string of the molecule is [2H]C(C)(C)N1[C]([CH2])N(c2c(C)ccc3c2oc2ncccc23)c2nccnc21. The van der Waals surface area contributed by atoms with Gasteiger partial charge in [0, 0.05) is 35.4 Å². The van der Waals surface area contributed by atoms with Crippen molar-refractivity contribution < 1.29 is 5.79 Å². The highest BCUT2D eigenvalue weighted by Crippen LogP contribution is 2.49. The molecule has 27 heavy (non-hydrogen) atoms. The lowest BCUT2D eigenvalue weighted by Crippen LogP contribution is -2.36. The molecule has 0 N–H and O–H groups in total. The van der Waals surface area contributed by atoms with Gasteiger partial charge in [-0.3, -0.25) is 4.90 Å². The molecule has 2 radical (unpaired) electrons. The standard InChI is InChI=1S/C21H19N5O/c1-12(2)25-14(4)26(20-19(25)22-10-11-23-20)17-13(3)7-8-15-16-6-5-9-24-21(16)27-18(15)17/h5-12H,4H2,1-3H3/i12D. The summed E-state index contributed by atoms with van der Waals surface area (Å²) in [7, 11) is 0. The molecule has 4 aromatic rings. The molecule has 1 aliphatic rings. The van der Waals surface area contributed by atoms with Crippen molar-refractivity contribution in [2.75, 3.05) is 9.80 Å². The quantitative estimate of drug-likeness (QED) is 0.514. The van der Waals surface area contributed by atoms with Crippen LogP contribution in [0.1, 0.15) is 20.8 Å². The third-order valence-electron chi connectivity index (χ3n) is 4.86. The molecule has 0 saturated heterocycles. The topological polar surface area (TPSA) is 58.3 Å². The first-order chi connectivity index (χ1) is 13.4. The van der Waals surface area contributed by atoms with E-state index in [0.717, 1.165) is 27.6 Å². The van der Waals surface area contributed by atoms with Crippen molar-refractivity contribution in [1.82, 2.24) is 15.0 Å². The van der Waals surface area contributed by atoms with Crippen LogP contribution in [0.5, 0.6) is 0 Å². The maximum absolute atomic E-state index is 8.58. The molecule has 0 fully saturated rings. The Morgan fingerprint density at radius 3 is 2.59 bits per heavy atom. The first kappa shape index (κ1) is 15.0. The van der Waals surface area contributed by atoms with Gasteiger partial charge < -0.3 is 9.32 Å². The minimum Gasteiger partial charge on any atom is -0.435 e. The van der Waals surface area contributed by atoms with Crippen LogP contribution in [0.25, 0.3) is 22.1 Å². The van der Waals surface area contributed by atoms with Gasteiger partial charge in [0.25, 0.3) is 0 Å². The number of hydrogen-bond acceptors (Lipinski definition) is 6. The molecule has 0 amide bonds. The zero-order chi connectivity index (χ0) is 19.6. The molecular weight excluding hydrogens is 338 g/mol. The van der Waals surface area contributed by atoms with E-state index in [1.807, 2.05) is 30.0 Å². The van der Waals surface area contributed by atoms with Crippen LogP contribution in [-0.4, -0.2) is 21.0 Å². The highest BCUT2D eigenvalue weighted by molar-refractivity contribution is 6.10. The van der Waals surface area contributed by atoms with Crippen molar-refractivity contribution >= 4 is 39.4 Å². The molecule has 0 spiro atoms. The summed E-state index contributed by atoms with van der Waals surface area (Å²) in [6, 6.07) is 7.05. The molecule has 6 heteroatoms. The average Bonchev–Trinajstić information content (AvgIpc) is 3.16. The van der Waals surface area contributed by atoms with Crippen molar-refractivity contribution in [3.8, 4) is 0 Å². The van der Waals surface area contributed by atoms with E-state index < -0.39 is 6.02 Å². The third-order valence-corrected chi connectivity index (χ3v) is 4.86. The molecule has 6 nitrogen and oxygen atoms in total. The summed E-state index contributed by atoms with van der Waals surface area (Å²) in [5.41, 5.74) is 3.16. The summed E-state index contributed by atoms with van der Waals surface area (Å²) in [5, 5.41) is 1.94. The van der Waals surface area contributed by atoms with E-state index in [1.165, 1.54) is 0 Å². The molecule has 134 valence electrons. The summed E-state index contributed by atoms with van der Waals surface area (Å²) >= 11 is 0. The second-order valence-electron chi connectivity index (χ2n) is 6.80. The Morgan fingerprint density at radius 2 is 1.81 bits per heavy atom. The fourth-order valence-electron chi connectivity index (χ4n) is 3.72. The molecule has 0 atom stereocenters. The van der Waals surface area contributed by atoms with Gasteiger partial charge in [0.15, 0.2) is 23.4 Å². The Balaban J connectivity index is 1.82. The van der Waals surface area contributed by atoms with E-state index in [2.05, 4.69) is 27.9 Å². The first-order valence-corrected chi connectivity index (χ1v) is 8.75. The number of aromatic nitrogens is 3. The van der Waals surface area contributed by atoms with Gasteiger partial charge in [-0.15, -0.1) is 0 Å². The summed E-state index contributed by atoms with van der Waals surface area (Å²) in [6.45, 7) is 9.90. The Labute approximate surface area is 158 Å². The third kappa shape index (κ3) is 2.16. The van der Waals surface area contributed by atoms with Gasteiger partial charge in [-0.25, -0.2) is 15.0 Å². The van der Waals surface area contributed by atoms with Crippen LogP contribution in [0.2, 0.25) is 0 Å². The fraction of sp³-hybridized carbons (Fsp3) is 0.190. The van der Waals surface area contributed by atoms with Crippen LogP contribution < -0.4 is 9.80 Å². The van der Waals surface area contributed by atoms with Crippen LogP contribution in [0.15, 0.2) is 47.3 Å². The number of pyridine rings is 1. The van der Waals surface area contributed by atoms with Gasteiger partial charge in [0.05, 0.1) is 7.06 Å². The Bertz CT molecular complexity index is 1210. The predicted octanol–water partition coefficient (Wildman–Crippen LogP) is 4.77. The maximum atomic E-state index is 8.58. The minimum absolute atomic E-state index is 0.589. The van der Waals surface area contributed by atoms with Crippen molar-refractivity contribution in [1.29, 1.82) is 0 Å². The molecule has 4 heterocycles. The van der Waals surface area contributed by atoms with Gasteiger partial charge in [0.2, 0.25) is 5.71 Å². The van der Waals surface area contributed by atoms with E-state index in [4.69, 9.17) is 5.79 Å². The summed E-state index contributed by atoms with van der Waals surface area (Å²) in [6.07, 6.45) is 5.62. The number of nitrogens with zero attached hydrogens (tertiary/aromatic N) is 5. The number of benzene rings is 1. The zero-order valence-corrected chi connectivity index (χ0v) is 15.4. The van der Waals surface area contributed by atoms with E-state index in [9.17, 15) is 0 Å². The second kappa shape index (κ2) is 5.67. The van der Waals surface area contributed by atoms with Gasteiger partial charge in [0.1, 0.15) is 0 Å². The highest BCUT2D eigenvalue weighted by atomic mass is 16.3. The smallest absolute Gasteiger partial charge is 0.227 e. The fourth-order valence-corrected chi connectivity index (χ4v) is 3.72. The van der Waals surface area contributed by atoms with Crippen molar-refractivity contribution in [2.45, 2.75) is 26.8 Å². The largest absolute Gasteiger partial charge is 0.435 e. The highest BCUT2D eigenvalue weighted by Gasteiger charge is 2.40. The first-order valence-electron chi connectivity index (χ1n) is 9.25. The normalized spacial score (nSPS) is 15.6. The maximum Gasteiger partial charge on any atom is 0.227 e. The number of rotatable bonds is 2. The minimum atomic E-state index is -0.951. The molecular formula is C21H19N5O. The Morgan fingerprint density at radius 1 is 1.04 bits per heavy atom. The predicted molar refractivity (Wildman–Crippen MR) is 107 cm³/mol. The van der Waals surface area contributed by atoms with Gasteiger partial charge >= 0.3 is 0 Å². The van der Waals surface area contributed by atoms with E-state index in [-0.39, 0.29) is 0 Å². The number of furan rings is 1.